The fourth-order valence-corrected chi connectivity index (χ4v) is 1.83. The second kappa shape index (κ2) is 5.06. The molecule has 0 bridgehead atoms. The van der Waals surface area contributed by atoms with E-state index in [1.165, 1.54) is 11.8 Å². The van der Waals surface area contributed by atoms with E-state index in [0.29, 0.717) is 22.2 Å². The molecule has 0 spiro atoms. The number of nitrogens with one attached hydrogen (secondary N) is 1. The molecule has 2 rings (SSSR count). The topological polar surface area (TPSA) is 47.6 Å². The molecule has 4 nitrogen and oxygen atoms in total. The molecule has 0 aromatic heterocycles. The van der Waals surface area contributed by atoms with Gasteiger partial charge in [0.05, 0.1) is 16.0 Å². The molecule has 1 aliphatic heterocycles. The molecular weight excluding hydrogens is 262 g/mol. The Morgan fingerprint density at radius 3 is 2.76 bits per heavy atom. The fourth-order valence-electron chi connectivity index (χ4n) is 1.35. The summed E-state index contributed by atoms with van der Waals surface area (Å²) in [6.45, 7) is 2.02. The first-order valence-electron chi connectivity index (χ1n) is 5.04. The van der Waals surface area contributed by atoms with Gasteiger partial charge < -0.3 is 14.8 Å². The SMILES string of the molecule is CSC(C)C(=O)Nc1cc2c(cc1Cl)OCO2. The van der Waals surface area contributed by atoms with Crippen LogP contribution < -0.4 is 14.8 Å². The lowest BCUT2D eigenvalue weighted by molar-refractivity contribution is -0.115. The van der Waals surface area contributed by atoms with Crippen LogP contribution in [-0.2, 0) is 4.79 Å². The Morgan fingerprint density at radius 2 is 2.12 bits per heavy atom. The number of hydrogen-bond donors (Lipinski definition) is 1. The van der Waals surface area contributed by atoms with E-state index < -0.39 is 0 Å². The predicted molar refractivity (Wildman–Crippen MR) is 69.2 cm³/mol. The zero-order valence-electron chi connectivity index (χ0n) is 9.45. The molecule has 1 heterocycles. The maximum absolute atomic E-state index is 11.7. The summed E-state index contributed by atoms with van der Waals surface area (Å²) in [5.74, 6) is 1.12. The Balaban J connectivity index is 2.19. The molecule has 6 heteroatoms. The van der Waals surface area contributed by atoms with Crippen LogP contribution in [0.3, 0.4) is 0 Å². The van der Waals surface area contributed by atoms with E-state index in [1.807, 2.05) is 13.2 Å². The van der Waals surface area contributed by atoms with Crippen LogP contribution in [0.1, 0.15) is 6.92 Å². The van der Waals surface area contributed by atoms with Crippen LogP contribution in [0.25, 0.3) is 0 Å². The van der Waals surface area contributed by atoms with Crippen LogP contribution in [0.15, 0.2) is 12.1 Å². The number of benzene rings is 1. The van der Waals surface area contributed by atoms with Gasteiger partial charge in [-0.25, -0.2) is 0 Å². The molecule has 0 saturated heterocycles. The lowest BCUT2D eigenvalue weighted by Crippen LogP contribution is -2.22. The van der Waals surface area contributed by atoms with Gasteiger partial charge in [-0.3, -0.25) is 4.79 Å². The van der Waals surface area contributed by atoms with Crippen molar-refractivity contribution >= 4 is 35.0 Å². The molecule has 17 heavy (non-hydrogen) atoms. The highest BCUT2D eigenvalue weighted by Crippen LogP contribution is 2.39. The van der Waals surface area contributed by atoms with Crippen LogP contribution in [0.4, 0.5) is 5.69 Å². The monoisotopic (exact) mass is 273 g/mol. The van der Waals surface area contributed by atoms with Crippen molar-refractivity contribution in [2.45, 2.75) is 12.2 Å². The largest absolute Gasteiger partial charge is 0.454 e. The van der Waals surface area contributed by atoms with Gasteiger partial charge in [0, 0.05) is 12.1 Å². The lowest BCUT2D eigenvalue weighted by Gasteiger charge is -2.11. The molecule has 92 valence electrons. The van der Waals surface area contributed by atoms with Crippen molar-refractivity contribution in [2.75, 3.05) is 18.4 Å². The van der Waals surface area contributed by atoms with Crippen molar-refractivity contribution in [2.24, 2.45) is 0 Å². The third-order valence-corrected chi connectivity index (χ3v) is 3.68. The number of ether oxygens (including phenoxy) is 2. The molecule has 0 saturated carbocycles. The van der Waals surface area contributed by atoms with Crippen molar-refractivity contribution in [1.82, 2.24) is 0 Å². The van der Waals surface area contributed by atoms with E-state index >= 15 is 0 Å². The van der Waals surface area contributed by atoms with Gasteiger partial charge in [-0.1, -0.05) is 11.6 Å². The van der Waals surface area contributed by atoms with Crippen LogP contribution in [0, 0.1) is 0 Å². The van der Waals surface area contributed by atoms with Crippen molar-refractivity contribution in [3.63, 3.8) is 0 Å². The average Bonchev–Trinajstić information content (AvgIpc) is 2.75. The average molecular weight is 274 g/mol. The highest BCUT2D eigenvalue weighted by atomic mass is 35.5. The number of carbonyl (C=O) groups excluding carboxylic acids is 1. The first-order valence-corrected chi connectivity index (χ1v) is 6.71. The zero-order valence-corrected chi connectivity index (χ0v) is 11.0. The number of amides is 1. The van der Waals surface area contributed by atoms with Gasteiger partial charge in [0.15, 0.2) is 11.5 Å². The fraction of sp³-hybridized carbons (Fsp3) is 0.364. The van der Waals surface area contributed by atoms with Crippen LogP contribution in [0.2, 0.25) is 5.02 Å². The van der Waals surface area contributed by atoms with Gasteiger partial charge in [-0.15, -0.1) is 0 Å². The minimum Gasteiger partial charge on any atom is -0.454 e. The summed E-state index contributed by atoms with van der Waals surface area (Å²) in [5.41, 5.74) is 0.543. The second-order valence-electron chi connectivity index (χ2n) is 3.55. The summed E-state index contributed by atoms with van der Waals surface area (Å²) in [4.78, 5) is 11.7. The Morgan fingerprint density at radius 1 is 1.47 bits per heavy atom. The second-order valence-corrected chi connectivity index (χ2v) is 5.14. The summed E-state index contributed by atoms with van der Waals surface area (Å²) in [6, 6.07) is 3.32. The van der Waals surface area contributed by atoms with Crippen LogP contribution in [-0.4, -0.2) is 24.2 Å². The number of rotatable bonds is 3. The Hall–Kier alpha value is -1.07. The predicted octanol–water partition coefficient (Wildman–Crippen LogP) is 2.76. The van der Waals surface area contributed by atoms with Crippen molar-refractivity contribution in [3.05, 3.63) is 17.2 Å². The Kier molecular flexibility index (Phi) is 3.69. The van der Waals surface area contributed by atoms with Crippen LogP contribution in [0.5, 0.6) is 11.5 Å². The van der Waals surface area contributed by atoms with Gasteiger partial charge in [0.25, 0.3) is 0 Å². The van der Waals surface area contributed by atoms with Crippen molar-refractivity contribution in [1.29, 1.82) is 0 Å². The third-order valence-electron chi connectivity index (χ3n) is 2.44. The molecule has 1 aromatic carbocycles. The molecule has 0 aliphatic carbocycles. The van der Waals surface area contributed by atoms with Crippen molar-refractivity contribution < 1.29 is 14.3 Å². The molecule has 1 atom stereocenters. The smallest absolute Gasteiger partial charge is 0.237 e. The lowest BCUT2D eigenvalue weighted by atomic mass is 10.2. The van der Waals surface area contributed by atoms with Crippen molar-refractivity contribution in [3.8, 4) is 11.5 Å². The number of anilines is 1. The summed E-state index contributed by atoms with van der Waals surface area (Å²) < 4.78 is 10.4. The maximum Gasteiger partial charge on any atom is 0.237 e. The van der Waals surface area contributed by atoms with E-state index in [4.69, 9.17) is 21.1 Å². The minimum absolute atomic E-state index is 0.0849. The van der Waals surface area contributed by atoms with Gasteiger partial charge >= 0.3 is 0 Å². The van der Waals surface area contributed by atoms with Crippen LogP contribution >= 0.6 is 23.4 Å². The summed E-state index contributed by atoms with van der Waals surface area (Å²) in [5, 5.41) is 3.08. The Bertz CT molecular complexity index is 453. The number of hydrogen-bond acceptors (Lipinski definition) is 4. The molecule has 1 aromatic rings. The quantitative estimate of drug-likeness (QED) is 0.920. The standard InChI is InChI=1S/C11H12ClNO3S/c1-6(17-2)11(14)13-8-4-10-9(3-7(8)12)15-5-16-10/h3-4,6H,5H2,1-2H3,(H,13,14). The van der Waals surface area contributed by atoms with Gasteiger partial charge in [-0.05, 0) is 13.2 Å². The van der Waals surface area contributed by atoms with Gasteiger partial charge in [-0.2, -0.15) is 11.8 Å². The minimum atomic E-state index is -0.128. The molecule has 0 radical (unpaired) electrons. The van der Waals surface area contributed by atoms with E-state index in [-0.39, 0.29) is 18.0 Å². The molecule has 1 N–H and O–H groups in total. The summed E-state index contributed by atoms with van der Waals surface area (Å²) in [7, 11) is 0. The maximum atomic E-state index is 11.7. The molecule has 0 fully saturated rings. The first-order chi connectivity index (χ1) is 8.11. The molecular formula is C11H12ClNO3S. The van der Waals surface area contributed by atoms with E-state index in [1.54, 1.807) is 12.1 Å². The van der Waals surface area contributed by atoms with Gasteiger partial charge in [0.2, 0.25) is 12.7 Å². The van der Waals surface area contributed by atoms with Gasteiger partial charge in [0.1, 0.15) is 0 Å². The Labute approximate surface area is 109 Å². The number of halogens is 1. The molecule has 1 amide bonds. The number of thioether (sulfide) groups is 1. The van der Waals surface area contributed by atoms with E-state index in [9.17, 15) is 4.79 Å². The zero-order chi connectivity index (χ0) is 12.4. The summed E-state index contributed by atoms with van der Waals surface area (Å²) >= 11 is 7.52. The first kappa shape index (κ1) is 12.4. The highest BCUT2D eigenvalue weighted by Gasteiger charge is 2.19. The number of fused-ring (bicyclic) bond motifs is 1. The number of carbonyl (C=O) groups is 1. The van der Waals surface area contributed by atoms with E-state index in [2.05, 4.69) is 5.32 Å². The molecule has 1 unspecified atom stereocenters. The summed E-state index contributed by atoms with van der Waals surface area (Å²) in [6.07, 6.45) is 1.88. The highest BCUT2D eigenvalue weighted by molar-refractivity contribution is 7.99. The normalized spacial score (nSPS) is 14.5. The van der Waals surface area contributed by atoms with E-state index in [0.717, 1.165) is 0 Å². The third kappa shape index (κ3) is 2.61. The molecule has 1 aliphatic rings.